The highest BCUT2D eigenvalue weighted by atomic mass is 19.4. The summed E-state index contributed by atoms with van der Waals surface area (Å²) in [5, 5.41) is 2.05. The molecule has 9 aromatic carbocycles. The second-order valence-corrected chi connectivity index (χ2v) is 17.6. The fourth-order valence-electron chi connectivity index (χ4n) is 9.32. The first-order valence-electron chi connectivity index (χ1n) is 22.7. The molecule has 0 saturated heterocycles. The van der Waals surface area contributed by atoms with Gasteiger partial charge in [-0.15, -0.1) is 0 Å². The van der Waals surface area contributed by atoms with Gasteiger partial charge in [0.2, 0.25) is 0 Å². The number of hydrogen-bond acceptors (Lipinski definition) is 2. The van der Waals surface area contributed by atoms with Gasteiger partial charge < -0.3 is 4.57 Å². The Hall–Kier alpha value is -8.35. The van der Waals surface area contributed by atoms with E-state index in [2.05, 4.69) is 135 Å². The molecule has 2 aromatic heterocycles. The van der Waals surface area contributed by atoms with Crippen LogP contribution in [0, 0.1) is 20.8 Å². The van der Waals surface area contributed by atoms with Gasteiger partial charge in [-0.3, -0.25) is 0 Å². The van der Waals surface area contributed by atoms with Crippen molar-refractivity contribution in [2.45, 2.75) is 26.9 Å². The molecule has 0 aliphatic rings. The molecule has 0 bridgehead atoms. The zero-order valence-electron chi connectivity index (χ0n) is 37.7. The summed E-state index contributed by atoms with van der Waals surface area (Å²) in [7, 11) is 0. The largest absolute Gasteiger partial charge is 0.416 e. The first-order valence-corrected chi connectivity index (χ1v) is 22.7. The van der Waals surface area contributed by atoms with E-state index in [-0.39, 0.29) is 0 Å². The Morgan fingerprint density at radius 2 is 0.824 bits per heavy atom. The molecule has 3 nitrogen and oxygen atoms in total. The summed E-state index contributed by atoms with van der Waals surface area (Å²) in [6, 6.07) is 70.1. The minimum Gasteiger partial charge on any atom is -0.308 e. The van der Waals surface area contributed by atoms with Crippen LogP contribution in [0.25, 0.3) is 106 Å². The lowest BCUT2D eigenvalue weighted by Gasteiger charge is -2.22. The van der Waals surface area contributed by atoms with Gasteiger partial charge in [0, 0.05) is 38.6 Å². The number of aromatic nitrogens is 3. The molecule has 11 rings (SSSR count). The van der Waals surface area contributed by atoms with Gasteiger partial charge in [0.05, 0.1) is 33.7 Å². The summed E-state index contributed by atoms with van der Waals surface area (Å²) in [5.41, 5.74) is 16.3. The molecule has 2 heterocycles. The predicted molar refractivity (Wildman–Crippen MR) is 274 cm³/mol. The quantitative estimate of drug-likeness (QED) is 0.152. The lowest BCUT2D eigenvalue weighted by molar-refractivity contribution is -0.137. The molecule has 0 radical (unpaired) electrons. The van der Waals surface area contributed by atoms with Gasteiger partial charge in [-0.1, -0.05) is 174 Å². The number of aryl methyl sites for hydroxylation is 3. The molecule has 0 fully saturated rings. The first kappa shape index (κ1) is 42.3. The van der Waals surface area contributed by atoms with Gasteiger partial charge in [0.25, 0.3) is 0 Å². The van der Waals surface area contributed by atoms with Crippen LogP contribution in [0.5, 0.6) is 0 Å². The van der Waals surface area contributed by atoms with E-state index in [9.17, 15) is 13.2 Å². The van der Waals surface area contributed by atoms with Gasteiger partial charge >= 0.3 is 6.18 Å². The molecule has 0 amide bonds. The molecule has 0 aliphatic heterocycles. The van der Waals surface area contributed by atoms with E-state index in [0.717, 1.165) is 94.9 Å². The lowest BCUT2D eigenvalue weighted by atomic mass is 9.90. The Morgan fingerprint density at radius 3 is 1.35 bits per heavy atom. The SMILES string of the molecule is Cc1ccc(-c2ccc3c(c2)c2cc(-c4ccc(C)cc4)ccc2n3-c2c(-c3cccc(C)c3)cc(-c3cc(-c4ccccc4)nc(-c4ccccc4)n3)cc2-c2cccc(C(F)(F)F)c2)cc1. The second-order valence-electron chi connectivity index (χ2n) is 17.6. The zero-order valence-corrected chi connectivity index (χ0v) is 37.7. The molecule has 0 atom stereocenters. The molecule has 6 heteroatoms. The van der Waals surface area contributed by atoms with Crippen molar-refractivity contribution in [2.75, 3.05) is 0 Å². The first-order chi connectivity index (χ1) is 33.0. The average Bonchev–Trinajstić information content (AvgIpc) is 3.69. The van der Waals surface area contributed by atoms with Gasteiger partial charge in [0.1, 0.15) is 0 Å². The maximum absolute atomic E-state index is 14.8. The molecular weight excluding hydrogens is 844 g/mol. The molecule has 0 spiro atoms. The molecule has 0 unspecified atom stereocenters. The number of halogens is 3. The Labute approximate surface area is 393 Å². The highest BCUT2D eigenvalue weighted by Crippen LogP contribution is 2.46. The number of nitrogens with zero attached hydrogens (tertiary/aromatic N) is 3. The van der Waals surface area contributed by atoms with Crippen molar-refractivity contribution in [3.8, 4) is 84.1 Å². The Balaban J connectivity index is 1.26. The van der Waals surface area contributed by atoms with Crippen LogP contribution < -0.4 is 0 Å². The van der Waals surface area contributed by atoms with Crippen molar-refractivity contribution in [3.63, 3.8) is 0 Å². The monoisotopic (exact) mass is 887 g/mol. The second kappa shape index (κ2) is 17.1. The van der Waals surface area contributed by atoms with Crippen molar-refractivity contribution in [3.05, 3.63) is 235 Å². The molecule has 68 heavy (non-hydrogen) atoms. The number of rotatable bonds is 8. The minimum atomic E-state index is -4.57. The maximum Gasteiger partial charge on any atom is 0.416 e. The van der Waals surface area contributed by atoms with Crippen LogP contribution in [0.1, 0.15) is 22.3 Å². The van der Waals surface area contributed by atoms with Crippen molar-refractivity contribution >= 4 is 21.8 Å². The zero-order chi connectivity index (χ0) is 46.5. The Morgan fingerprint density at radius 1 is 0.353 bits per heavy atom. The van der Waals surface area contributed by atoms with Gasteiger partial charge in [0.15, 0.2) is 5.82 Å². The van der Waals surface area contributed by atoms with Crippen LogP contribution in [0.3, 0.4) is 0 Å². The van der Waals surface area contributed by atoms with E-state index < -0.39 is 11.7 Å². The molecule has 0 N–H and O–H groups in total. The average molecular weight is 888 g/mol. The number of fused-ring (bicyclic) bond motifs is 3. The van der Waals surface area contributed by atoms with Crippen LogP contribution >= 0.6 is 0 Å². The summed E-state index contributed by atoms with van der Waals surface area (Å²) in [5.74, 6) is 0.542. The molecular formula is C62H44F3N3. The summed E-state index contributed by atoms with van der Waals surface area (Å²) in [4.78, 5) is 10.3. The minimum absolute atomic E-state index is 0.425. The summed E-state index contributed by atoms with van der Waals surface area (Å²) < 4.78 is 46.6. The third-order valence-corrected chi connectivity index (χ3v) is 12.8. The third kappa shape index (κ3) is 8.04. The van der Waals surface area contributed by atoms with Crippen molar-refractivity contribution < 1.29 is 13.2 Å². The van der Waals surface area contributed by atoms with Crippen LogP contribution in [0.2, 0.25) is 0 Å². The van der Waals surface area contributed by atoms with E-state index in [1.807, 2.05) is 78.9 Å². The third-order valence-electron chi connectivity index (χ3n) is 12.8. The lowest BCUT2D eigenvalue weighted by Crippen LogP contribution is -2.06. The van der Waals surface area contributed by atoms with Crippen molar-refractivity contribution in [1.82, 2.24) is 14.5 Å². The van der Waals surface area contributed by atoms with E-state index in [4.69, 9.17) is 9.97 Å². The van der Waals surface area contributed by atoms with Gasteiger partial charge in [-0.2, -0.15) is 13.2 Å². The van der Waals surface area contributed by atoms with Crippen molar-refractivity contribution in [2.24, 2.45) is 0 Å². The van der Waals surface area contributed by atoms with Crippen molar-refractivity contribution in [1.29, 1.82) is 0 Å². The van der Waals surface area contributed by atoms with Crippen LogP contribution in [0.4, 0.5) is 13.2 Å². The smallest absolute Gasteiger partial charge is 0.308 e. The summed E-state index contributed by atoms with van der Waals surface area (Å²) in [6.07, 6.45) is -4.57. The highest BCUT2D eigenvalue weighted by molar-refractivity contribution is 6.13. The molecule has 328 valence electrons. The van der Waals surface area contributed by atoms with Gasteiger partial charge in [-0.25, -0.2) is 9.97 Å². The molecule has 0 aliphatic carbocycles. The Kier molecular flexibility index (Phi) is 10.7. The van der Waals surface area contributed by atoms with Gasteiger partial charge in [-0.05, 0) is 109 Å². The summed E-state index contributed by atoms with van der Waals surface area (Å²) in [6.45, 7) is 6.23. The topological polar surface area (TPSA) is 30.7 Å². The summed E-state index contributed by atoms with van der Waals surface area (Å²) >= 11 is 0. The number of alkyl halides is 3. The Bertz CT molecular complexity index is 3510. The van der Waals surface area contributed by atoms with E-state index in [1.54, 1.807) is 6.07 Å². The number of benzene rings is 9. The van der Waals surface area contributed by atoms with E-state index in [0.29, 0.717) is 22.6 Å². The van der Waals surface area contributed by atoms with E-state index in [1.165, 1.54) is 23.3 Å². The molecule has 0 saturated carbocycles. The normalized spacial score (nSPS) is 11.7. The van der Waals surface area contributed by atoms with E-state index >= 15 is 0 Å². The predicted octanol–water partition coefficient (Wildman–Crippen LogP) is 17.2. The molecule has 11 aromatic rings. The fraction of sp³-hybridized carbons (Fsp3) is 0.0645. The standard InChI is InChI=1S/C62H44F3N3/c1-39-20-24-42(25-21-39)46-28-30-58-54(34-46)55-35-47(43-26-22-40(2)23-27-43)29-31-59(55)68(58)60-52(48-17-10-12-41(3)32-48)36-50(37-53(60)49-18-11-19-51(33-49)62(63,64)65)57-38-56(44-13-6-4-7-14-44)66-61(67-57)45-15-8-5-9-16-45/h4-38H,1-3H3. The van der Waals surface area contributed by atoms with Crippen LogP contribution in [-0.4, -0.2) is 14.5 Å². The number of hydrogen-bond donors (Lipinski definition) is 0. The van der Waals surface area contributed by atoms with Crippen LogP contribution in [0.15, 0.2) is 212 Å². The highest BCUT2D eigenvalue weighted by Gasteiger charge is 2.31. The van der Waals surface area contributed by atoms with Crippen LogP contribution in [-0.2, 0) is 6.18 Å². The fourth-order valence-corrected chi connectivity index (χ4v) is 9.32. The maximum atomic E-state index is 14.8.